The molecule has 3 rings (SSSR count). The zero-order valence-corrected chi connectivity index (χ0v) is 14.4. The van der Waals surface area contributed by atoms with E-state index in [1.807, 2.05) is 6.07 Å². The molecule has 27 heavy (non-hydrogen) atoms. The molecule has 0 saturated heterocycles. The van der Waals surface area contributed by atoms with Crippen molar-refractivity contribution in [3.63, 3.8) is 0 Å². The topological polar surface area (TPSA) is 96.9 Å². The van der Waals surface area contributed by atoms with Crippen LogP contribution in [0.2, 0.25) is 0 Å². The number of nitro benzene ring substituents is 1. The second-order valence-electron chi connectivity index (χ2n) is 5.37. The van der Waals surface area contributed by atoms with Gasteiger partial charge in [0.25, 0.3) is 5.69 Å². The highest BCUT2D eigenvalue weighted by atomic mass is 32.2. The summed E-state index contributed by atoms with van der Waals surface area (Å²) in [6, 6.07) is 14.9. The third-order valence-corrected chi connectivity index (χ3v) is 4.75. The lowest BCUT2D eigenvalue weighted by molar-refractivity contribution is -0.384. The predicted octanol–water partition coefficient (Wildman–Crippen LogP) is 4.63. The molecule has 0 N–H and O–H groups in total. The van der Waals surface area contributed by atoms with Gasteiger partial charge < -0.3 is 0 Å². The number of pyridine rings is 1. The number of nitrogens with zero attached hydrogens (tertiary/aromatic N) is 3. The van der Waals surface area contributed by atoms with E-state index in [2.05, 4.69) is 4.98 Å². The number of rotatable bonds is 5. The summed E-state index contributed by atoms with van der Waals surface area (Å²) in [6.45, 7) is 0. The molecule has 0 spiro atoms. The van der Waals surface area contributed by atoms with Crippen LogP contribution in [0, 0.1) is 27.3 Å². The summed E-state index contributed by atoms with van der Waals surface area (Å²) in [5, 5.41) is 20.5. The van der Waals surface area contributed by atoms with Crippen molar-refractivity contribution in [1.29, 1.82) is 5.26 Å². The van der Waals surface area contributed by atoms with Crippen LogP contribution in [-0.2, 0) is 0 Å². The quantitative estimate of drug-likeness (QED) is 0.364. The lowest BCUT2D eigenvalue weighted by Crippen LogP contribution is -1.94. The Bertz CT molecular complexity index is 1080. The summed E-state index contributed by atoms with van der Waals surface area (Å²) in [6.07, 6.45) is 0.519. The van der Waals surface area contributed by atoms with E-state index in [0.717, 1.165) is 11.8 Å². The van der Waals surface area contributed by atoms with Crippen molar-refractivity contribution in [1.82, 2.24) is 4.98 Å². The van der Waals surface area contributed by atoms with Crippen molar-refractivity contribution in [2.24, 2.45) is 0 Å². The van der Waals surface area contributed by atoms with Gasteiger partial charge in [-0.1, -0.05) is 11.8 Å². The van der Waals surface area contributed by atoms with Gasteiger partial charge >= 0.3 is 0 Å². The first-order chi connectivity index (χ1) is 13.0. The molecule has 3 aromatic rings. The Hall–Kier alpha value is -3.57. The fourth-order valence-corrected chi connectivity index (χ4v) is 3.26. The van der Waals surface area contributed by atoms with Gasteiger partial charge in [0.2, 0.25) is 0 Å². The largest absolute Gasteiger partial charge is 0.298 e. The Labute approximate surface area is 157 Å². The molecule has 0 radical (unpaired) electrons. The molecule has 0 fully saturated rings. The number of halogens is 1. The van der Waals surface area contributed by atoms with Crippen molar-refractivity contribution in [2.75, 3.05) is 0 Å². The van der Waals surface area contributed by atoms with Crippen LogP contribution in [0.4, 0.5) is 10.1 Å². The van der Waals surface area contributed by atoms with Gasteiger partial charge in [0.1, 0.15) is 16.9 Å². The number of hydrogen-bond donors (Lipinski definition) is 0. The number of benzene rings is 2. The standard InChI is InChI=1S/C19H10FN3O3S/c20-15-4-1-12(2-5-15)17-7-3-13(10-21)19(22-17)27-18-8-6-16(23(25)26)9-14(18)11-24/h1-9,11H. The Kier molecular flexibility index (Phi) is 5.24. The van der Waals surface area contributed by atoms with Crippen LogP contribution in [-0.4, -0.2) is 16.2 Å². The number of non-ortho nitro benzene ring substituents is 1. The molecule has 0 aliphatic rings. The molecule has 0 saturated carbocycles. The minimum Gasteiger partial charge on any atom is -0.298 e. The molecule has 1 aromatic heterocycles. The fraction of sp³-hybridized carbons (Fsp3) is 0. The molecule has 0 atom stereocenters. The number of hydrogen-bond acceptors (Lipinski definition) is 6. The summed E-state index contributed by atoms with van der Waals surface area (Å²) < 4.78 is 13.1. The van der Waals surface area contributed by atoms with Crippen LogP contribution in [0.15, 0.2) is 64.5 Å². The molecule has 0 unspecified atom stereocenters. The summed E-state index contributed by atoms with van der Waals surface area (Å²) in [5.74, 6) is -0.372. The summed E-state index contributed by atoms with van der Waals surface area (Å²) in [5.41, 5.74) is 1.43. The first-order valence-corrected chi connectivity index (χ1v) is 8.42. The van der Waals surface area contributed by atoms with Crippen LogP contribution in [0.1, 0.15) is 15.9 Å². The molecule has 0 amide bonds. The minimum absolute atomic E-state index is 0.132. The number of aldehydes is 1. The number of aromatic nitrogens is 1. The van der Waals surface area contributed by atoms with E-state index in [1.165, 1.54) is 30.3 Å². The summed E-state index contributed by atoms with van der Waals surface area (Å²) >= 11 is 1.06. The number of carbonyl (C=O) groups is 1. The highest BCUT2D eigenvalue weighted by Gasteiger charge is 2.15. The Balaban J connectivity index is 2.02. The Morgan fingerprint density at radius 1 is 1.15 bits per heavy atom. The van der Waals surface area contributed by atoms with Gasteiger partial charge in [0.15, 0.2) is 6.29 Å². The van der Waals surface area contributed by atoms with Crippen LogP contribution >= 0.6 is 11.8 Å². The van der Waals surface area contributed by atoms with Gasteiger partial charge in [-0.2, -0.15) is 5.26 Å². The first kappa shape index (κ1) is 18.2. The van der Waals surface area contributed by atoms with Gasteiger partial charge in [0.05, 0.1) is 16.2 Å². The minimum atomic E-state index is -0.588. The molecule has 8 heteroatoms. The Morgan fingerprint density at radius 2 is 1.89 bits per heavy atom. The monoisotopic (exact) mass is 379 g/mol. The van der Waals surface area contributed by atoms with Crippen LogP contribution < -0.4 is 0 Å². The van der Waals surface area contributed by atoms with Gasteiger partial charge in [0, 0.05) is 28.2 Å². The van der Waals surface area contributed by atoms with Gasteiger partial charge in [-0.15, -0.1) is 0 Å². The zero-order chi connectivity index (χ0) is 19.4. The average Bonchev–Trinajstić information content (AvgIpc) is 2.68. The molecule has 132 valence electrons. The van der Waals surface area contributed by atoms with Crippen molar-refractivity contribution >= 4 is 23.7 Å². The normalized spacial score (nSPS) is 10.2. The van der Waals surface area contributed by atoms with Gasteiger partial charge in [-0.05, 0) is 42.5 Å². The molecular weight excluding hydrogens is 369 g/mol. The molecule has 0 bridgehead atoms. The van der Waals surface area contributed by atoms with Crippen molar-refractivity contribution in [3.05, 3.63) is 81.7 Å². The molecule has 6 nitrogen and oxygen atoms in total. The van der Waals surface area contributed by atoms with E-state index in [0.29, 0.717) is 33.0 Å². The smallest absolute Gasteiger partial charge is 0.270 e. The van der Waals surface area contributed by atoms with E-state index in [1.54, 1.807) is 24.3 Å². The molecule has 0 aliphatic carbocycles. The highest BCUT2D eigenvalue weighted by Crippen LogP contribution is 2.34. The number of carbonyl (C=O) groups excluding carboxylic acids is 1. The van der Waals surface area contributed by atoms with E-state index in [9.17, 15) is 24.6 Å². The second-order valence-corrected chi connectivity index (χ2v) is 6.40. The maximum absolute atomic E-state index is 13.1. The zero-order valence-electron chi connectivity index (χ0n) is 13.6. The maximum atomic E-state index is 13.1. The highest BCUT2D eigenvalue weighted by molar-refractivity contribution is 7.99. The van der Waals surface area contributed by atoms with Crippen LogP contribution in [0.25, 0.3) is 11.3 Å². The average molecular weight is 379 g/mol. The van der Waals surface area contributed by atoms with Crippen LogP contribution in [0.5, 0.6) is 0 Å². The first-order valence-electron chi connectivity index (χ1n) is 7.60. The Morgan fingerprint density at radius 3 is 2.52 bits per heavy atom. The third-order valence-electron chi connectivity index (χ3n) is 3.66. The SMILES string of the molecule is N#Cc1ccc(-c2ccc(F)cc2)nc1Sc1ccc([N+](=O)[O-])cc1C=O. The molecule has 1 heterocycles. The van der Waals surface area contributed by atoms with Crippen molar-refractivity contribution in [3.8, 4) is 17.3 Å². The van der Waals surface area contributed by atoms with Gasteiger partial charge in [-0.25, -0.2) is 9.37 Å². The van der Waals surface area contributed by atoms with E-state index in [4.69, 9.17) is 0 Å². The maximum Gasteiger partial charge on any atom is 0.270 e. The molecule has 2 aromatic carbocycles. The van der Waals surface area contributed by atoms with Crippen LogP contribution in [0.3, 0.4) is 0 Å². The lowest BCUT2D eigenvalue weighted by Gasteiger charge is -2.08. The number of nitriles is 1. The van der Waals surface area contributed by atoms with Crippen molar-refractivity contribution in [2.45, 2.75) is 9.92 Å². The summed E-state index contributed by atoms with van der Waals surface area (Å²) in [4.78, 5) is 26.5. The van der Waals surface area contributed by atoms with E-state index < -0.39 is 4.92 Å². The third kappa shape index (κ3) is 3.99. The molecule has 0 aliphatic heterocycles. The fourth-order valence-electron chi connectivity index (χ4n) is 2.32. The number of nitro groups is 1. The second kappa shape index (κ2) is 7.76. The molecular formula is C19H10FN3O3S. The van der Waals surface area contributed by atoms with E-state index >= 15 is 0 Å². The van der Waals surface area contributed by atoms with Gasteiger partial charge in [-0.3, -0.25) is 14.9 Å². The lowest BCUT2D eigenvalue weighted by atomic mass is 10.1. The predicted molar refractivity (Wildman–Crippen MR) is 97.0 cm³/mol. The summed E-state index contributed by atoms with van der Waals surface area (Å²) in [7, 11) is 0. The van der Waals surface area contributed by atoms with E-state index in [-0.39, 0.29) is 17.1 Å². The van der Waals surface area contributed by atoms with Crippen molar-refractivity contribution < 1.29 is 14.1 Å².